The normalized spacial score (nSPS) is 14.8. The molecule has 8 nitrogen and oxygen atoms in total. The molecule has 2 heterocycles. The van der Waals surface area contributed by atoms with E-state index >= 15 is 0 Å². The topological polar surface area (TPSA) is 91.8 Å². The first-order valence-corrected chi connectivity index (χ1v) is 10.6. The molecule has 1 N–H and O–H groups in total. The Morgan fingerprint density at radius 3 is 2.81 bits per heavy atom. The molecule has 1 aromatic heterocycles. The summed E-state index contributed by atoms with van der Waals surface area (Å²) in [5.74, 6) is 0.359. The van der Waals surface area contributed by atoms with E-state index in [1.165, 1.54) is 34.0 Å². The minimum atomic E-state index is -3.46. The quantitative estimate of drug-likeness (QED) is 0.782. The predicted molar refractivity (Wildman–Crippen MR) is 104 cm³/mol. The highest BCUT2D eigenvalue weighted by atomic mass is 32.2. The fourth-order valence-corrected chi connectivity index (χ4v) is 4.87. The summed E-state index contributed by atoms with van der Waals surface area (Å²) in [4.78, 5) is 17.4. The van der Waals surface area contributed by atoms with Crippen LogP contribution in [-0.4, -0.2) is 55.2 Å². The first kappa shape index (κ1) is 19.7. The van der Waals surface area contributed by atoms with Gasteiger partial charge in [-0.1, -0.05) is 18.2 Å². The number of ether oxygens (including phenoxy) is 1. The molecule has 1 aliphatic rings. The molecule has 0 atom stereocenters. The third kappa shape index (κ3) is 4.46. The van der Waals surface area contributed by atoms with Gasteiger partial charge in [0.25, 0.3) is 16.1 Å². The van der Waals surface area contributed by atoms with Crippen LogP contribution in [-0.2, 0) is 28.0 Å². The maximum Gasteiger partial charge on any atom is 0.281 e. The maximum atomic E-state index is 12.3. The molecule has 0 saturated carbocycles. The van der Waals surface area contributed by atoms with E-state index in [2.05, 4.69) is 10.3 Å². The van der Waals surface area contributed by atoms with Crippen molar-refractivity contribution in [2.45, 2.75) is 19.9 Å². The van der Waals surface area contributed by atoms with Crippen molar-refractivity contribution in [3.63, 3.8) is 0 Å². The number of nitrogens with zero attached hydrogens (tertiary/aromatic N) is 3. The van der Waals surface area contributed by atoms with E-state index in [1.807, 2.05) is 31.2 Å². The van der Waals surface area contributed by atoms with Crippen LogP contribution in [0, 0.1) is 6.92 Å². The third-order valence-corrected chi connectivity index (χ3v) is 7.07. The standard InChI is InChI=1S/C17H22N4O4S2/c1-12-6-4-5-7-14(12)25-11-16(22)19-17-18-13-8-9-21(10-15(13)26-17)27(23,24)20(2)3/h4-7H,8-11H2,1-3H3,(H,18,19,22). The Hall–Kier alpha value is -2.01. The van der Waals surface area contributed by atoms with Crippen molar-refractivity contribution in [2.75, 3.05) is 32.6 Å². The second kappa shape index (κ2) is 7.93. The lowest BCUT2D eigenvalue weighted by Crippen LogP contribution is -2.42. The number of hydrogen-bond donors (Lipinski definition) is 1. The van der Waals surface area contributed by atoms with Gasteiger partial charge >= 0.3 is 0 Å². The number of benzene rings is 1. The molecule has 3 rings (SSSR count). The zero-order valence-electron chi connectivity index (χ0n) is 15.4. The van der Waals surface area contributed by atoms with E-state index in [4.69, 9.17) is 4.74 Å². The summed E-state index contributed by atoms with van der Waals surface area (Å²) in [6, 6.07) is 7.48. The number of aryl methyl sites for hydroxylation is 1. The van der Waals surface area contributed by atoms with Gasteiger partial charge < -0.3 is 4.74 Å². The lowest BCUT2D eigenvalue weighted by atomic mass is 10.2. The molecule has 0 bridgehead atoms. The van der Waals surface area contributed by atoms with E-state index in [0.29, 0.717) is 23.8 Å². The molecule has 2 aromatic rings. The van der Waals surface area contributed by atoms with Crippen LogP contribution in [0.4, 0.5) is 5.13 Å². The number of carbonyl (C=O) groups excluding carboxylic acids is 1. The van der Waals surface area contributed by atoms with E-state index in [1.54, 1.807) is 0 Å². The van der Waals surface area contributed by atoms with Crippen molar-refractivity contribution in [2.24, 2.45) is 0 Å². The fourth-order valence-electron chi connectivity index (χ4n) is 2.67. The molecule has 146 valence electrons. The van der Waals surface area contributed by atoms with Gasteiger partial charge in [-0.25, -0.2) is 4.98 Å². The Morgan fingerprint density at radius 2 is 2.11 bits per heavy atom. The number of rotatable bonds is 6. The smallest absolute Gasteiger partial charge is 0.281 e. The number of carbonyl (C=O) groups is 1. The zero-order valence-corrected chi connectivity index (χ0v) is 17.1. The summed E-state index contributed by atoms with van der Waals surface area (Å²) in [5, 5.41) is 3.19. The van der Waals surface area contributed by atoms with Gasteiger partial charge in [-0.3, -0.25) is 10.1 Å². The van der Waals surface area contributed by atoms with Gasteiger partial charge in [0.05, 0.1) is 12.2 Å². The fraction of sp³-hybridized carbons (Fsp3) is 0.412. The zero-order chi connectivity index (χ0) is 19.6. The van der Waals surface area contributed by atoms with E-state index in [0.717, 1.165) is 16.1 Å². The van der Waals surface area contributed by atoms with Crippen LogP contribution in [0.3, 0.4) is 0 Å². The Morgan fingerprint density at radius 1 is 1.37 bits per heavy atom. The number of para-hydroxylation sites is 1. The lowest BCUT2D eigenvalue weighted by Gasteiger charge is -2.27. The summed E-state index contributed by atoms with van der Waals surface area (Å²) in [6.45, 7) is 2.44. The van der Waals surface area contributed by atoms with Gasteiger partial charge in [0, 0.05) is 31.9 Å². The average molecular weight is 411 g/mol. The summed E-state index contributed by atoms with van der Waals surface area (Å²) in [5.41, 5.74) is 1.79. The average Bonchev–Trinajstić information content (AvgIpc) is 3.02. The molecule has 0 radical (unpaired) electrons. The number of nitrogens with one attached hydrogen (secondary N) is 1. The summed E-state index contributed by atoms with van der Waals surface area (Å²) in [6.07, 6.45) is 0.522. The summed E-state index contributed by atoms with van der Waals surface area (Å²) >= 11 is 1.30. The van der Waals surface area contributed by atoms with E-state index < -0.39 is 10.2 Å². The number of fused-ring (bicyclic) bond motifs is 1. The molecule has 0 unspecified atom stereocenters. The highest BCUT2D eigenvalue weighted by Gasteiger charge is 2.30. The van der Waals surface area contributed by atoms with Crippen molar-refractivity contribution >= 4 is 32.6 Å². The van der Waals surface area contributed by atoms with Crippen molar-refractivity contribution in [3.05, 3.63) is 40.4 Å². The van der Waals surface area contributed by atoms with Crippen LogP contribution in [0.2, 0.25) is 0 Å². The van der Waals surface area contributed by atoms with Gasteiger partial charge in [-0.05, 0) is 18.6 Å². The number of anilines is 1. The Kier molecular flexibility index (Phi) is 5.80. The monoisotopic (exact) mass is 410 g/mol. The molecule has 0 saturated heterocycles. The SMILES string of the molecule is Cc1ccccc1OCC(=O)Nc1nc2c(s1)CN(S(=O)(=O)N(C)C)CC2. The van der Waals surface area contributed by atoms with Gasteiger partial charge in [0.1, 0.15) is 5.75 Å². The third-order valence-electron chi connectivity index (χ3n) is 4.18. The first-order valence-electron chi connectivity index (χ1n) is 8.42. The molecule has 0 fully saturated rings. The molecule has 1 aromatic carbocycles. The molecular formula is C17H22N4O4S2. The molecule has 1 amide bonds. The lowest BCUT2D eigenvalue weighted by molar-refractivity contribution is -0.118. The van der Waals surface area contributed by atoms with E-state index in [9.17, 15) is 13.2 Å². The highest BCUT2D eigenvalue weighted by molar-refractivity contribution is 7.86. The number of amides is 1. The summed E-state index contributed by atoms with van der Waals surface area (Å²) < 4.78 is 32.7. The Labute approximate surface area is 163 Å². The van der Waals surface area contributed by atoms with Crippen LogP contribution < -0.4 is 10.1 Å². The predicted octanol–water partition coefficient (Wildman–Crippen LogP) is 1.63. The van der Waals surface area contributed by atoms with Crippen molar-refractivity contribution in [1.82, 2.24) is 13.6 Å². The van der Waals surface area contributed by atoms with Crippen LogP contribution in [0.1, 0.15) is 16.1 Å². The number of thiazole rings is 1. The molecule has 1 aliphatic heterocycles. The minimum Gasteiger partial charge on any atom is -0.483 e. The van der Waals surface area contributed by atoms with Crippen LogP contribution in [0.15, 0.2) is 24.3 Å². The number of aromatic nitrogens is 1. The van der Waals surface area contributed by atoms with Crippen LogP contribution in [0.5, 0.6) is 5.75 Å². The van der Waals surface area contributed by atoms with Crippen molar-refractivity contribution < 1.29 is 17.9 Å². The van der Waals surface area contributed by atoms with Gasteiger partial charge in [-0.15, -0.1) is 11.3 Å². The molecule has 0 aliphatic carbocycles. The van der Waals surface area contributed by atoms with Gasteiger partial charge in [0.15, 0.2) is 11.7 Å². The first-order chi connectivity index (χ1) is 12.8. The van der Waals surface area contributed by atoms with Crippen molar-refractivity contribution in [1.29, 1.82) is 0 Å². The second-order valence-electron chi connectivity index (χ2n) is 6.36. The van der Waals surface area contributed by atoms with E-state index in [-0.39, 0.29) is 19.1 Å². The second-order valence-corrected chi connectivity index (χ2v) is 9.59. The van der Waals surface area contributed by atoms with Gasteiger partial charge in [0.2, 0.25) is 0 Å². The molecule has 27 heavy (non-hydrogen) atoms. The minimum absolute atomic E-state index is 0.115. The summed E-state index contributed by atoms with van der Waals surface area (Å²) in [7, 11) is -0.439. The van der Waals surface area contributed by atoms with Crippen LogP contribution in [0.25, 0.3) is 0 Å². The molecule has 0 spiro atoms. The number of hydrogen-bond acceptors (Lipinski definition) is 6. The molecule has 10 heteroatoms. The highest BCUT2D eigenvalue weighted by Crippen LogP contribution is 2.29. The Bertz CT molecular complexity index is 940. The van der Waals surface area contributed by atoms with Crippen molar-refractivity contribution in [3.8, 4) is 5.75 Å². The largest absolute Gasteiger partial charge is 0.483 e. The molecular weight excluding hydrogens is 388 g/mol. The van der Waals surface area contributed by atoms with Gasteiger partial charge in [-0.2, -0.15) is 17.0 Å². The van der Waals surface area contributed by atoms with Crippen LogP contribution >= 0.6 is 11.3 Å². The Balaban J connectivity index is 1.61. The maximum absolute atomic E-state index is 12.3.